The highest BCUT2D eigenvalue weighted by Crippen LogP contribution is 2.65. The third-order valence-electron chi connectivity index (χ3n) is 7.97. The molecule has 0 bridgehead atoms. The van der Waals surface area contributed by atoms with Crippen molar-refractivity contribution in [1.82, 2.24) is 0 Å². The van der Waals surface area contributed by atoms with E-state index in [-0.39, 0.29) is 35.7 Å². The molecular formula is C21H26O5. The lowest BCUT2D eigenvalue weighted by Gasteiger charge is -2.56. The highest BCUT2D eigenvalue weighted by molar-refractivity contribution is 5.96. The van der Waals surface area contributed by atoms with Gasteiger partial charge in [-0.3, -0.25) is 14.4 Å². The Morgan fingerprint density at radius 1 is 1.31 bits per heavy atom. The van der Waals surface area contributed by atoms with E-state index in [1.807, 2.05) is 19.9 Å². The molecule has 0 saturated heterocycles. The maximum atomic E-state index is 13.3. The smallest absolute Gasteiger partial charge is 0.190 e. The summed E-state index contributed by atoms with van der Waals surface area (Å²) in [5, 5.41) is 20.5. The van der Waals surface area contributed by atoms with Gasteiger partial charge in [0.05, 0.1) is 0 Å². The molecule has 6 atom stereocenters. The number of aliphatic hydroxyl groups excluding tert-OH is 1. The van der Waals surface area contributed by atoms with Crippen molar-refractivity contribution in [2.24, 2.45) is 28.6 Å². The molecule has 0 spiro atoms. The molecule has 0 aromatic carbocycles. The number of allylic oxidation sites excluding steroid dienone is 4. The second kappa shape index (κ2) is 5.46. The molecule has 2 N–H and O–H groups in total. The molecule has 4 rings (SSSR count). The van der Waals surface area contributed by atoms with Crippen molar-refractivity contribution < 1.29 is 24.6 Å². The van der Waals surface area contributed by atoms with Crippen LogP contribution in [0.3, 0.4) is 0 Å². The number of ketones is 3. The van der Waals surface area contributed by atoms with E-state index < -0.39 is 28.8 Å². The fourth-order valence-electron chi connectivity index (χ4n) is 6.53. The van der Waals surface area contributed by atoms with Gasteiger partial charge >= 0.3 is 0 Å². The number of hydrogen-bond acceptors (Lipinski definition) is 5. The van der Waals surface area contributed by atoms with Crippen molar-refractivity contribution in [3.63, 3.8) is 0 Å². The zero-order chi connectivity index (χ0) is 18.9. The molecule has 0 aromatic rings. The van der Waals surface area contributed by atoms with Crippen LogP contribution in [0, 0.1) is 28.6 Å². The molecule has 0 radical (unpaired) electrons. The van der Waals surface area contributed by atoms with E-state index in [9.17, 15) is 24.6 Å². The number of rotatable bonds is 2. The van der Waals surface area contributed by atoms with Gasteiger partial charge in [0, 0.05) is 29.6 Å². The van der Waals surface area contributed by atoms with Crippen LogP contribution in [0.1, 0.15) is 46.0 Å². The van der Waals surface area contributed by atoms with E-state index in [2.05, 4.69) is 6.08 Å². The van der Waals surface area contributed by atoms with Crippen LogP contribution in [0.25, 0.3) is 0 Å². The lowest BCUT2D eigenvalue weighted by molar-refractivity contribution is -0.167. The Morgan fingerprint density at radius 3 is 2.73 bits per heavy atom. The Bertz CT molecular complexity index is 764. The second-order valence-corrected chi connectivity index (χ2v) is 9.01. The van der Waals surface area contributed by atoms with Gasteiger partial charge in [-0.2, -0.15) is 0 Å². The Kier molecular flexibility index (Phi) is 3.74. The number of fused-ring (bicyclic) bond motifs is 5. The van der Waals surface area contributed by atoms with Crippen molar-refractivity contribution in [3.8, 4) is 0 Å². The van der Waals surface area contributed by atoms with Crippen LogP contribution in [-0.2, 0) is 14.4 Å². The summed E-state index contributed by atoms with van der Waals surface area (Å²) in [5.74, 6) is -0.553. The highest BCUT2D eigenvalue weighted by atomic mass is 16.3. The van der Waals surface area contributed by atoms with E-state index >= 15 is 0 Å². The minimum atomic E-state index is -1.63. The molecule has 6 unspecified atom stereocenters. The van der Waals surface area contributed by atoms with Crippen LogP contribution >= 0.6 is 0 Å². The Hall–Kier alpha value is -1.59. The number of carbonyl (C=O) groups is 3. The molecule has 0 aliphatic heterocycles. The van der Waals surface area contributed by atoms with E-state index in [0.717, 1.165) is 5.57 Å². The molecule has 140 valence electrons. The van der Waals surface area contributed by atoms with Crippen LogP contribution in [0.5, 0.6) is 0 Å². The van der Waals surface area contributed by atoms with Crippen molar-refractivity contribution in [3.05, 3.63) is 23.8 Å². The van der Waals surface area contributed by atoms with Crippen LogP contribution < -0.4 is 0 Å². The number of carbonyl (C=O) groups excluding carboxylic acids is 3. The first-order valence-corrected chi connectivity index (χ1v) is 9.48. The van der Waals surface area contributed by atoms with Gasteiger partial charge in [-0.25, -0.2) is 0 Å². The summed E-state index contributed by atoms with van der Waals surface area (Å²) >= 11 is 0. The third kappa shape index (κ3) is 2.01. The molecule has 2 fully saturated rings. The summed E-state index contributed by atoms with van der Waals surface area (Å²) in [4.78, 5) is 37.4. The number of hydrogen-bond donors (Lipinski definition) is 2. The predicted octanol–water partition coefficient (Wildman–Crippen LogP) is 1.77. The van der Waals surface area contributed by atoms with Crippen molar-refractivity contribution in [2.75, 3.05) is 6.61 Å². The summed E-state index contributed by atoms with van der Waals surface area (Å²) in [7, 11) is 0. The summed E-state index contributed by atoms with van der Waals surface area (Å²) in [6.07, 6.45) is 7.78. The SMILES string of the molecule is CC12C=CC(=O)CC1=CCC1C2C(=O)CC2(C)C1CCC2(O)C(=O)CO. The van der Waals surface area contributed by atoms with Crippen LogP contribution in [0.4, 0.5) is 0 Å². The van der Waals surface area contributed by atoms with E-state index in [1.54, 1.807) is 6.08 Å². The number of Topliss-reactive ketones (excluding diaryl/α,β-unsaturated/α-hetero) is 2. The van der Waals surface area contributed by atoms with Gasteiger partial charge in [0.25, 0.3) is 0 Å². The lowest BCUT2D eigenvalue weighted by Crippen LogP contribution is -2.60. The van der Waals surface area contributed by atoms with Gasteiger partial charge in [-0.1, -0.05) is 31.6 Å². The predicted molar refractivity (Wildman–Crippen MR) is 94.0 cm³/mol. The molecule has 2 saturated carbocycles. The first-order valence-electron chi connectivity index (χ1n) is 9.48. The fourth-order valence-corrected chi connectivity index (χ4v) is 6.53. The van der Waals surface area contributed by atoms with Crippen molar-refractivity contribution in [2.45, 2.75) is 51.6 Å². The zero-order valence-electron chi connectivity index (χ0n) is 15.3. The van der Waals surface area contributed by atoms with Crippen LogP contribution in [-0.4, -0.2) is 39.8 Å². The van der Waals surface area contributed by atoms with E-state index in [1.165, 1.54) is 0 Å². The molecule has 0 heterocycles. The van der Waals surface area contributed by atoms with Gasteiger partial charge in [0.1, 0.15) is 18.0 Å². The van der Waals surface area contributed by atoms with E-state index in [4.69, 9.17) is 0 Å². The maximum absolute atomic E-state index is 13.3. The average molecular weight is 358 g/mol. The molecule has 4 aliphatic rings. The summed E-state index contributed by atoms with van der Waals surface area (Å²) in [5.41, 5.74) is -1.88. The largest absolute Gasteiger partial charge is 0.388 e. The fraction of sp³-hybridized carbons (Fsp3) is 0.667. The van der Waals surface area contributed by atoms with Gasteiger partial charge in [0.2, 0.25) is 0 Å². The highest BCUT2D eigenvalue weighted by Gasteiger charge is 2.67. The summed E-state index contributed by atoms with van der Waals surface area (Å²) in [6.45, 7) is 3.18. The second-order valence-electron chi connectivity index (χ2n) is 9.01. The van der Waals surface area contributed by atoms with Crippen molar-refractivity contribution in [1.29, 1.82) is 0 Å². The monoisotopic (exact) mass is 358 g/mol. The minimum Gasteiger partial charge on any atom is -0.388 e. The molecule has 0 aromatic heterocycles. The first kappa shape index (κ1) is 17.8. The molecule has 5 heteroatoms. The Morgan fingerprint density at radius 2 is 2.04 bits per heavy atom. The quantitative estimate of drug-likeness (QED) is 0.734. The van der Waals surface area contributed by atoms with Crippen molar-refractivity contribution >= 4 is 17.3 Å². The number of aliphatic hydroxyl groups is 2. The van der Waals surface area contributed by atoms with Gasteiger partial charge < -0.3 is 10.2 Å². The van der Waals surface area contributed by atoms with Gasteiger partial charge in [-0.05, 0) is 37.2 Å². The maximum Gasteiger partial charge on any atom is 0.190 e. The normalized spacial score (nSPS) is 47.1. The topological polar surface area (TPSA) is 91.7 Å². The van der Waals surface area contributed by atoms with Gasteiger partial charge in [-0.15, -0.1) is 0 Å². The minimum absolute atomic E-state index is 0.0475. The standard InChI is InChI=1S/C21H26O5/c1-19-7-5-13(23)9-12(19)3-4-14-15-6-8-21(26,17(25)11-22)20(15,2)10-16(24)18(14)19/h3,5,7,14-15,18,22,26H,4,6,8-11H2,1-2H3. The van der Waals surface area contributed by atoms with Crippen LogP contribution in [0.15, 0.2) is 23.8 Å². The Balaban J connectivity index is 1.77. The summed E-state index contributed by atoms with van der Waals surface area (Å²) < 4.78 is 0. The molecular weight excluding hydrogens is 332 g/mol. The van der Waals surface area contributed by atoms with Gasteiger partial charge in [0.15, 0.2) is 11.6 Å². The summed E-state index contributed by atoms with van der Waals surface area (Å²) in [6, 6.07) is 0. The lowest BCUT2D eigenvalue weighted by atomic mass is 9.47. The average Bonchev–Trinajstić information content (AvgIpc) is 2.86. The van der Waals surface area contributed by atoms with E-state index in [0.29, 0.717) is 25.7 Å². The third-order valence-corrected chi connectivity index (χ3v) is 7.97. The molecule has 5 nitrogen and oxygen atoms in total. The Labute approximate surface area is 153 Å². The zero-order valence-corrected chi connectivity index (χ0v) is 15.3. The first-order chi connectivity index (χ1) is 12.2. The van der Waals surface area contributed by atoms with Crippen LogP contribution in [0.2, 0.25) is 0 Å². The molecule has 26 heavy (non-hydrogen) atoms. The molecule has 0 amide bonds. The molecule has 4 aliphatic carbocycles.